The number of rotatable bonds is 5. The normalized spacial score (nSPS) is 12.0. The number of aromatic nitrogens is 1. The van der Waals surface area contributed by atoms with E-state index >= 15 is 0 Å². The smallest absolute Gasteiger partial charge is 0.270 e. The largest absolute Gasteiger partial charge is 0.488 e. The number of nitro benzene ring substituents is 1. The van der Waals surface area contributed by atoms with Crippen molar-refractivity contribution in [2.75, 3.05) is 0 Å². The average molecular weight is 292 g/mol. The number of hydrogen-bond acceptors (Lipinski definition) is 5. The van der Waals surface area contributed by atoms with Crippen molar-refractivity contribution in [3.63, 3.8) is 0 Å². The van der Waals surface area contributed by atoms with Crippen molar-refractivity contribution in [3.8, 4) is 5.75 Å². The molecule has 0 saturated carbocycles. The third-order valence-corrected chi connectivity index (χ3v) is 2.81. The Hall–Kier alpha value is -2.54. The van der Waals surface area contributed by atoms with Crippen LogP contribution in [-0.4, -0.2) is 15.0 Å². The highest BCUT2D eigenvalue weighted by molar-refractivity contribution is 5.44. The van der Waals surface area contributed by atoms with Gasteiger partial charge in [-0.15, -0.1) is 0 Å². The Balaban J connectivity index is 2.21. The Bertz CT molecular complexity index is 661. The number of pyridine rings is 1. The zero-order valence-corrected chi connectivity index (χ0v) is 11.2. The molecule has 0 saturated heterocycles. The molecule has 0 spiro atoms. The lowest BCUT2D eigenvalue weighted by Gasteiger charge is -2.13. The summed E-state index contributed by atoms with van der Waals surface area (Å²) in [5.74, 6) is -0.171. The van der Waals surface area contributed by atoms with Gasteiger partial charge in [0.1, 0.15) is 18.2 Å². The zero-order chi connectivity index (χ0) is 15.4. The van der Waals surface area contributed by atoms with Crippen LogP contribution in [-0.2, 0) is 6.61 Å². The molecule has 2 aromatic rings. The molecule has 1 aromatic heterocycles. The maximum Gasteiger partial charge on any atom is 0.270 e. The summed E-state index contributed by atoms with van der Waals surface area (Å²) in [4.78, 5) is 13.9. The van der Waals surface area contributed by atoms with E-state index in [2.05, 4.69) is 4.98 Å². The van der Waals surface area contributed by atoms with Gasteiger partial charge < -0.3 is 9.84 Å². The standard InChI is InChI=1S/C14H13FN2O4/c1-9(18)13-5-12(17(19)20)2-3-14(13)21-8-10-4-11(15)7-16-6-10/h2-7,9,18H,8H2,1H3/t9-/m1/s1. The maximum absolute atomic E-state index is 13.0. The van der Waals surface area contributed by atoms with E-state index in [0.717, 1.165) is 6.20 Å². The first-order chi connectivity index (χ1) is 9.97. The van der Waals surface area contributed by atoms with Crippen LogP contribution in [0.25, 0.3) is 0 Å². The van der Waals surface area contributed by atoms with Crippen LogP contribution in [0, 0.1) is 15.9 Å². The molecule has 0 amide bonds. The number of benzene rings is 1. The van der Waals surface area contributed by atoms with Crippen molar-refractivity contribution in [1.82, 2.24) is 4.98 Å². The number of halogens is 1. The third-order valence-electron chi connectivity index (χ3n) is 2.81. The van der Waals surface area contributed by atoms with Gasteiger partial charge in [-0.1, -0.05) is 0 Å². The molecule has 110 valence electrons. The molecule has 0 aliphatic heterocycles. The average Bonchev–Trinajstić information content (AvgIpc) is 2.44. The molecule has 0 bridgehead atoms. The van der Waals surface area contributed by atoms with E-state index in [9.17, 15) is 19.6 Å². The van der Waals surface area contributed by atoms with E-state index in [4.69, 9.17) is 4.74 Å². The Kier molecular flexibility index (Phi) is 4.44. The quantitative estimate of drug-likeness (QED) is 0.676. The fraction of sp³-hybridized carbons (Fsp3) is 0.214. The second kappa shape index (κ2) is 6.27. The van der Waals surface area contributed by atoms with Crippen molar-refractivity contribution in [2.24, 2.45) is 0 Å². The summed E-state index contributed by atoms with van der Waals surface area (Å²) in [6.07, 6.45) is 1.61. The molecule has 0 unspecified atom stereocenters. The first-order valence-electron chi connectivity index (χ1n) is 6.16. The van der Waals surface area contributed by atoms with Gasteiger partial charge in [0.15, 0.2) is 0 Å². The summed E-state index contributed by atoms with van der Waals surface area (Å²) < 4.78 is 18.5. The minimum Gasteiger partial charge on any atom is -0.488 e. The van der Waals surface area contributed by atoms with Crippen LogP contribution in [0.15, 0.2) is 36.7 Å². The highest BCUT2D eigenvalue weighted by Crippen LogP contribution is 2.29. The summed E-state index contributed by atoms with van der Waals surface area (Å²) in [6.45, 7) is 1.53. The molecule has 1 heterocycles. The molecular weight excluding hydrogens is 279 g/mol. The fourth-order valence-corrected chi connectivity index (χ4v) is 1.80. The summed E-state index contributed by atoms with van der Waals surface area (Å²) in [7, 11) is 0. The second-order valence-electron chi connectivity index (χ2n) is 4.46. The Morgan fingerprint density at radius 2 is 2.19 bits per heavy atom. The minimum absolute atomic E-state index is 0.0439. The zero-order valence-electron chi connectivity index (χ0n) is 11.2. The molecule has 0 radical (unpaired) electrons. The molecule has 21 heavy (non-hydrogen) atoms. The van der Waals surface area contributed by atoms with Crippen molar-refractivity contribution in [3.05, 3.63) is 63.7 Å². The van der Waals surface area contributed by atoms with Crippen LogP contribution in [0.3, 0.4) is 0 Å². The number of aliphatic hydroxyl groups is 1. The highest BCUT2D eigenvalue weighted by Gasteiger charge is 2.15. The van der Waals surface area contributed by atoms with Crippen molar-refractivity contribution >= 4 is 5.69 Å². The molecule has 7 heteroatoms. The second-order valence-corrected chi connectivity index (χ2v) is 4.46. The lowest BCUT2D eigenvalue weighted by atomic mass is 10.1. The van der Waals surface area contributed by atoms with Crippen LogP contribution in [0.1, 0.15) is 24.2 Å². The Morgan fingerprint density at radius 1 is 1.43 bits per heavy atom. The maximum atomic E-state index is 13.0. The third kappa shape index (κ3) is 3.73. The van der Waals surface area contributed by atoms with E-state index in [1.165, 1.54) is 37.4 Å². The molecule has 1 N–H and O–H groups in total. The van der Waals surface area contributed by atoms with E-state index in [0.29, 0.717) is 16.9 Å². The van der Waals surface area contributed by atoms with Gasteiger partial charge >= 0.3 is 0 Å². The van der Waals surface area contributed by atoms with Crippen LogP contribution in [0.4, 0.5) is 10.1 Å². The topological polar surface area (TPSA) is 85.5 Å². The summed E-state index contributed by atoms with van der Waals surface area (Å²) in [5.41, 5.74) is 0.684. The Labute approximate surface area is 120 Å². The lowest BCUT2D eigenvalue weighted by Crippen LogP contribution is -2.02. The van der Waals surface area contributed by atoms with Crippen LogP contribution in [0.5, 0.6) is 5.75 Å². The van der Waals surface area contributed by atoms with Gasteiger partial charge in [0.05, 0.1) is 17.2 Å². The molecule has 2 rings (SSSR count). The van der Waals surface area contributed by atoms with Crippen molar-refractivity contribution in [2.45, 2.75) is 19.6 Å². The molecule has 1 atom stereocenters. The van der Waals surface area contributed by atoms with Gasteiger partial charge in [-0.05, 0) is 19.1 Å². The molecular formula is C14H13FN2O4. The van der Waals surface area contributed by atoms with Gasteiger partial charge in [0, 0.05) is 29.5 Å². The van der Waals surface area contributed by atoms with E-state index in [-0.39, 0.29) is 12.3 Å². The fourth-order valence-electron chi connectivity index (χ4n) is 1.80. The molecule has 1 aromatic carbocycles. The van der Waals surface area contributed by atoms with E-state index in [1.807, 2.05) is 0 Å². The van der Waals surface area contributed by atoms with Crippen LogP contribution < -0.4 is 4.74 Å². The molecule has 0 aliphatic carbocycles. The van der Waals surface area contributed by atoms with Crippen LogP contribution in [0.2, 0.25) is 0 Å². The van der Waals surface area contributed by atoms with E-state index < -0.39 is 16.8 Å². The molecule has 6 nitrogen and oxygen atoms in total. The number of nitro groups is 1. The van der Waals surface area contributed by atoms with Gasteiger partial charge in [-0.2, -0.15) is 0 Å². The van der Waals surface area contributed by atoms with E-state index in [1.54, 1.807) is 0 Å². The molecule has 0 fully saturated rings. The SMILES string of the molecule is C[C@@H](O)c1cc([N+](=O)[O-])ccc1OCc1cncc(F)c1. The van der Waals surface area contributed by atoms with Crippen molar-refractivity contribution in [1.29, 1.82) is 0 Å². The first-order valence-corrected chi connectivity index (χ1v) is 6.16. The molecule has 0 aliphatic rings. The first kappa shape index (κ1) is 14.9. The number of nitrogens with zero attached hydrogens (tertiary/aromatic N) is 2. The van der Waals surface area contributed by atoms with Gasteiger partial charge in [0.2, 0.25) is 0 Å². The highest BCUT2D eigenvalue weighted by atomic mass is 19.1. The van der Waals surface area contributed by atoms with Gasteiger partial charge in [-0.3, -0.25) is 15.1 Å². The monoisotopic (exact) mass is 292 g/mol. The predicted octanol–water partition coefficient (Wildman–Crippen LogP) is 2.76. The van der Waals surface area contributed by atoms with Crippen molar-refractivity contribution < 1.29 is 19.2 Å². The lowest BCUT2D eigenvalue weighted by molar-refractivity contribution is -0.385. The summed E-state index contributed by atoms with van der Waals surface area (Å²) in [5, 5.41) is 20.4. The summed E-state index contributed by atoms with van der Waals surface area (Å²) in [6, 6.07) is 5.22. The predicted molar refractivity (Wildman–Crippen MR) is 72.3 cm³/mol. The van der Waals surface area contributed by atoms with Crippen LogP contribution >= 0.6 is 0 Å². The van der Waals surface area contributed by atoms with Gasteiger partial charge in [-0.25, -0.2) is 4.39 Å². The summed E-state index contributed by atoms with van der Waals surface area (Å²) >= 11 is 0. The van der Waals surface area contributed by atoms with Gasteiger partial charge in [0.25, 0.3) is 5.69 Å². The minimum atomic E-state index is -0.925. The number of non-ortho nitro benzene ring substituents is 1. The number of aliphatic hydroxyl groups excluding tert-OH is 1. The number of hydrogen-bond donors (Lipinski definition) is 1. The number of ether oxygens (including phenoxy) is 1. The Morgan fingerprint density at radius 3 is 2.81 bits per heavy atom.